The molecule has 4 rings (SSSR count). The molecule has 4 nitrogen and oxygen atoms in total. The molecular weight excluding hydrogens is 578 g/mol. The van der Waals surface area contributed by atoms with Gasteiger partial charge in [-0.2, -0.15) is 0 Å². The Labute approximate surface area is 214 Å². The molecule has 0 atom stereocenters. The number of nitrogens with zero attached hydrogens (tertiary/aromatic N) is 2. The van der Waals surface area contributed by atoms with Gasteiger partial charge in [0.1, 0.15) is 0 Å². The summed E-state index contributed by atoms with van der Waals surface area (Å²) in [5.74, 6) is -0.305. The van der Waals surface area contributed by atoms with Gasteiger partial charge in [0.25, 0.3) is 11.1 Å². The lowest BCUT2D eigenvalue weighted by Crippen LogP contribution is -2.27. The summed E-state index contributed by atoms with van der Waals surface area (Å²) in [5, 5.41) is 0.530. The Kier molecular flexibility index (Phi) is 6.77. The summed E-state index contributed by atoms with van der Waals surface area (Å²) >= 11 is 15.3. The zero-order valence-corrected chi connectivity index (χ0v) is 22.1. The first-order chi connectivity index (χ1) is 15.2. The summed E-state index contributed by atoms with van der Waals surface area (Å²) in [4.78, 5) is 27.2. The smallest absolute Gasteiger partial charge is 0.293 e. The zero-order valence-electron chi connectivity index (χ0n) is 17.6. The Bertz CT molecular complexity index is 1300. The second kappa shape index (κ2) is 9.25. The Morgan fingerprint density at radius 2 is 1.75 bits per heavy atom. The highest BCUT2D eigenvalue weighted by atomic mass is 127. The average molecular weight is 597 g/mol. The van der Waals surface area contributed by atoms with Gasteiger partial charge in [0.05, 0.1) is 21.5 Å². The third-order valence-corrected chi connectivity index (χ3v) is 8.21. The molecule has 32 heavy (non-hydrogen) atoms. The Morgan fingerprint density at radius 3 is 2.44 bits per heavy atom. The summed E-state index contributed by atoms with van der Waals surface area (Å²) < 4.78 is 3.37. The molecule has 2 heterocycles. The molecule has 3 aromatic rings. The van der Waals surface area contributed by atoms with Crippen LogP contribution < -0.4 is 0 Å². The van der Waals surface area contributed by atoms with Gasteiger partial charge in [0.2, 0.25) is 0 Å². The van der Waals surface area contributed by atoms with Crippen molar-refractivity contribution in [2.75, 3.05) is 0 Å². The fourth-order valence-corrected chi connectivity index (χ4v) is 5.18. The topological polar surface area (TPSA) is 42.3 Å². The van der Waals surface area contributed by atoms with Crippen LogP contribution in [0.2, 0.25) is 10.0 Å². The number of amides is 2. The van der Waals surface area contributed by atoms with Crippen LogP contribution in [-0.4, -0.2) is 20.6 Å². The van der Waals surface area contributed by atoms with E-state index >= 15 is 0 Å². The number of aryl methyl sites for hydroxylation is 2. The van der Waals surface area contributed by atoms with E-state index in [9.17, 15) is 9.59 Å². The Balaban J connectivity index is 1.63. The second-order valence-corrected chi connectivity index (χ2v) is 10.6. The van der Waals surface area contributed by atoms with E-state index in [1.807, 2.05) is 19.9 Å². The van der Waals surface area contributed by atoms with Crippen LogP contribution in [0.1, 0.15) is 28.1 Å². The van der Waals surface area contributed by atoms with Gasteiger partial charge in [-0.25, -0.2) is 0 Å². The number of rotatable bonds is 4. The molecule has 1 fully saturated rings. The molecule has 0 bridgehead atoms. The minimum Gasteiger partial charge on any atom is -0.318 e. The minimum atomic E-state index is -0.305. The van der Waals surface area contributed by atoms with Crippen LogP contribution in [0.3, 0.4) is 0 Å². The predicted octanol–water partition coefficient (Wildman–Crippen LogP) is 7.55. The Morgan fingerprint density at radius 1 is 1.00 bits per heavy atom. The number of benzene rings is 2. The average Bonchev–Trinajstić information content (AvgIpc) is 3.16. The number of hydrogen-bond acceptors (Lipinski definition) is 3. The van der Waals surface area contributed by atoms with Gasteiger partial charge in [-0.3, -0.25) is 14.5 Å². The van der Waals surface area contributed by atoms with Crippen LogP contribution in [0.5, 0.6) is 0 Å². The molecule has 1 aromatic heterocycles. The normalized spacial score (nSPS) is 15.3. The van der Waals surface area contributed by atoms with E-state index in [0.717, 1.165) is 40.0 Å². The van der Waals surface area contributed by atoms with Crippen molar-refractivity contribution in [2.45, 2.75) is 27.3 Å². The third kappa shape index (κ3) is 4.51. The standard InChI is InChI=1S/C24H19Cl2IN2O2S/c1-13-8-18(5-7-21(13)27)29-14(2)9-17(15(29)3)11-22-23(30)28(24(31)32-22)12-16-4-6-19(25)20(26)10-16/h4-11H,12H2,1-3H3/b22-11-. The van der Waals surface area contributed by atoms with Gasteiger partial charge in [-0.05, 0) is 114 Å². The van der Waals surface area contributed by atoms with Crippen molar-refractivity contribution in [2.24, 2.45) is 0 Å². The fraction of sp³-hybridized carbons (Fsp3) is 0.167. The Hall–Kier alpha value is -1.74. The van der Waals surface area contributed by atoms with E-state index in [0.29, 0.717) is 15.0 Å². The van der Waals surface area contributed by atoms with Crippen LogP contribution in [0.15, 0.2) is 47.4 Å². The summed E-state index contributed by atoms with van der Waals surface area (Å²) in [6, 6.07) is 13.5. The summed E-state index contributed by atoms with van der Waals surface area (Å²) in [7, 11) is 0. The highest BCUT2D eigenvalue weighted by molar-refractivity contribution is 14.1. The van der Waals surface area contributed by atoms with Gasteiger partial charge in [-0.1, -0.05) is 29.3 Å². The summed E-state index contributed by atoms with van der Waals surface area (Å²) in [6.45, 7) is 6.30. The van der Waals surface area contributed by atoms with E-state index in [-0.39, 0.29) is 17.7 Å². The number of carbonyl (C=O) groups excluding carboxylic acids is 2. The van der Waals surface area contributed by atoms with Gasteiger partial charge < -0.3 is 4.57 Å². The maximum atomic E-state index is 13.0. The van der Waals surface area contributed by atoms with Crippen LogP contribution in [0.4, 0.5) is 4.79 Å². The number of aromatic nitrogens is 1. The van der Waals surface area contributed by atoms with Crippen molar-refractivity contribution < 1.29 is 9.59 Å². The van der Waals surface area contributed by atoms with E-state index < -0.39 is 0 Å². The van der Waals surface area contributed by atoms with E-state index in [1.165, 1.54) is 14.0 Å². The lowest BCUT2D eigenvalue weighted by atomic mass is 10.2. The van der Waals surface area contributed by atoms with Crippen molar-refractivity contribution in [1.29, 1.82) is 0 Å². The molecule has 0 radical (unpaired) electrons. The molecule has 8 heteroatoms. The fourth-order valence-electron chi connectivity index (χ4n) is 3.70. The molecule has 1 aliphatic heterocycles. The van der Waals surface area contributed by atoms with E-state index in [4.69, 9.17) is 23.2 Å². The molecule has 2 amide bonds. The quantitative estimate of drug-likeness (QED) is 0.231. The number of thioether (sulfide) groups is 1. The SMILES string of the molecule is Cc1cc(-n2c(C)cc(/C=C3\SC(=O)N(Cc4ccc(Cl)c(Cl)c4)C3=O)c2C)ccc1I. The molecule has 0 aliphatic carbocycles. The largest absolute Gasteiger partial charge is 0.318 e. The van der Waals surface area contributed by atoms with E-state index in [1.54, 1.807) is 24.3 Å². The number of carbonyl (C=O) groups is 2. The molecule has 0 spiro atoms. The first kappa shape index (κ1) is 23.4. The van der Waals surface area contributed by atoms with Crippen LogP contribution in [0, 0.1) is 24.3 Å². The van der Waals surface area contributed by atoms with Gasteiger partial charge in [-0.15, -0.1) is 0 Å². The second-order valence-electron chi connectivity index (χ2n) is 7.61. The van der Waals surface area contributed by atoms with Gasteiger partial charge in [0.15, 0.2) is 0 Å². The maximum Gasteiger partial charge on any atom is 0.293 e. The van der Waals surface area contributed by atoms with Crippen molar-refractivity contribution in [1.82, 2.24) is 9.47 Å². The molecule has 1 aliphatic rings. The number of halogens is 3. The predicted molar refractivity (Wildman–Crippen MR) is 141 cm³/mol. The van der Waals surface area contributed by atoms with Gasteiger partial charge in [0, 0.05) is 20.6 Å². The summed E-state index contributed by atoms with van der Waals surface area (Å²) in [5.41, 5.74) is 6.02. The van der Waals surface area contributed by atoms with Crippen LogP contribution >= 0.6 is 57.6 Å². The van der Waals surface area contributed by atoms with Crippen molar-refractivity contribution in [3.05, 3.63) is 89.1 Å². The molecule has 0 N–H and O–H groups in total. The third-order valence-electron chi connectivity index (χ3n) is 5.35. The number of hydrogen-bond donors (Lipinski definition) is 0. The highest BCUT2D eigenvalue weighted by Crippen LogP contribution is 2.35. The maximum absolute atomic E-state index is 13.0. The molecule has 2 aromatic carbocycles. The number of imide groups is 1. The first-order valence-electron chi connectivity index (χ1n) is 9.80. The monoisotopic (exact) mass is 596 g/mol. The van der Waals surface area contributed by atoms with Crippen molar-refractivity contribution >= 4 is 74.8 Å². The molecule has 1 saturated heterocycles. The highest BCUT2D eigenvalue weighted by Gasteiger charge is 2.35. The van der Waals surface area contributed by atoms with Crippen LogP contribution in [0.25, 0.3) is 11.8 Å². The lowest BCUT2D eigenvalue weighted by molar-refractivity contribution is -0.123. The zero-order chi connectivity index (χ0) is 23.2. The molecule has 0 unspecified atom stereocenters. The van der Waals surface area contributed by atoms with E-state index in [2.05, 4.69) is 52.3 Å². The van der Waals surface area contributed by atoms with Crippen LogP contribution in [-0.2, 0) is 11.3 Å². The lowest BCUT2D eigenvalue weighted by Gasteiger charge is -2.13. The van der Waals surface area contributed by atoms with Crippen molar-refractivity contribution in [3.8, 4) is 5.69 Å². The van der Waals surface area contributed by atoms with Crippen molar-refractivity contribution in [3.63, 3.8) is 0 Å². The first-order valence-corrected chi connectivity index (χ1v) is 12.5. The molecule has 164 valence electrons. The minimum absolute atomic E-state index is 0.153. The molecular formula is C24H19Cl2IN2O2S. The summed E-state index contributed by atoms with van der Waals surface area (Å²) in [6.07, 6.45) is 1.80. The molecule has 0 saturated carbocycles. The van der Waals surface area contributed by atoms with Gasteiger partial charge >= 0.3 is 0 Å².